The lowest BCUT2D eigenvalue weighted by atomic mass is 9.59. The van der Waals surface area contributed by atoms with Crippen molar-refractivity contribution < 1.29 is 45.7 Å². The zero-order valence-electron chi connectivity index (χ0n) is 81.0. The molecule has 11 saturated carbocycles. The van der Waals surface area contributed by atoms with Crippen LogP contribution in [0.5, 0.6) is 0 Å². The number of aldehydes is 1. The summed E-state index contributed by atoms with van der Waals surface area (Å²) >= 11 is 0. The molecule has 11 aliphatic carbocycles. The molecule has 0 heterocycles. The number of benzene rings is 2. The van der Waals surface area contributed by atoms with E-state index in [9.17, 15) is 31.7 Å². The average Bonchev–Trinajstić information content (AvgIpc) is 1.69. The second kappa shape index (κ2) is 44.3. The second-order valence-electron chi connectivity index (χ2n) is 46.6. The first kappa shape index (κ1) is 105. The van der Waals surface area contributed by atoms with E-state index in [1.165, 1.54) is 134 Å². The first-order chi connectivity index (χ1) is 56.0. The van der Waals surface area contributed by atoms with E-state index in [0.29, 0.717) is 76.2 Å². The lowest BCUT2D eigenvalue weighted by Crippen LogP contribution is -2.49. The third-order valence-corrected chi connectivity index (χ3v) is 49.1. The maximum absolute atomic E-state index is 14.7. The van der Waals surface area contributed by atoms with E-state index >= 15 is 0 Å². The van der Waals surface area contributed by atoms with E-state index in [-0.39, 0.29) is 65.7 Å². The van der Waals surface area contributed by atoms with E-state index in [4.69, 9.17) is 14.0 Å². The Labute approximate surface area is 743 Å². The quantitative estimate of drug-likeness (QED) is 0.0415. The number of carbonyl (C=O) groups excluding carboxylic acids is 2. The van der Waals surface area contributed by atoms with Crippen molar-refractivity contribution >= 4 is 46.5 Å². The fourth-order valence-electron chi connectivity index (χ4n) is 28.2. The van der Waals surface area contributed by atoms with Gasteiger partial charge in [0.05, 0.1) is 12.2 Å². The van der Waals surface area contributed by atoms with E-state index in [2.05, 4.69) is 176 Å². The molecular formula is C108H183F4O6PSi2. The second-order valence-corrected chi connectivity index (χ2v) is 59.0. The predicted octanol–water partition coefficient (Wildman–Crippen LogP) is 31.5. The van der Waals surface area contributed by atoms with Crippen molar-refractivity contribution in [2.45, 2.75) is 406 Å². The lowest BCUT2D eigenvalue weighted by molar-refractivity contribution is -0.130. The van der Waals surface area contributed by atoms with Gasteiger partial charge in [-0.2, -0.15) is 0 Å². The van der Waals surface area contributed by atoms with Gasteiger partial charge in [-0.15, -0.1) is 6.58 Å². The molecule has 11 aliphatic rings. The number of halogens is 4. The smallest absolute Gasteiger partial charge is 0.238 e. The molecule has 6 nitrogen and oxygen atoms in total. The molecule has 13 heteroatoms. The fraction of sp³-hybridized carbons (Fsp3) is 0.815. The molecule has 0 amide bonds. The van der Waals surface area contributed by atoms with Crippen molar-refractivity contribution in [1.82, 2.24) is 0 Å². The SMILES string of the molecule is C.C=C1[C@H](O[Si](C)(C)C(C)(C)C)CC(=CCP(=O)(c2ccccc2)c2ccccc2)C[C@H]1O[Si](C)(C)C(C)(C)C.C=C[C@H](C)[C@H]1CC[C@H]2[C@@H](C)CCC[C@]12C.C[C@@H](CC(F)F)[C@H]1CC[C@H]2C(=O)CCC[C@]12C.C[C@@H](CC(F)F)[C@H]1CC[C@H]2[C@@H](C)CCC[C@]12C.C[C@@H](CC=O)[C@H]1CC[C@H]2[C@@H](C)CCC[C@]12C.C[C@@H](CCO)[C@H]1CC[C@H]2[C@@H](C)CCC[C@]12C. The first-order valence-corrected chi connectivity index (χ1v) is 56.9. The monoisotopic (exact) mass is 1740 g/mol. The minimum atomic E-state index is -2.84. The Hall–Kier alpha value is -2.74. The molecule has 0 bridgehead atoms. The molecule has 0 saturated heterocycles. The third-order valence-electron chi connectivity index (χ3n) is 37.2. The number of rotatable bonds is 22. The number of Topliss-reactive ketones (excluding diaryl/α,β-unsaturated/α-hetero) is 1. The summed E-state index contributed by atoms with van der Waals surface area (Å²) < 4.78 is 78.8. The summed E-state index contributed by atoms with van der Waals surface area (Å²) in [6.45, 7) is 64.7. The number of aliphatic hydroxyl groups is 1. The fourth-order valence-corrected chi connectivity index (χ4v) is 33.4. The Bertz CT molecular complexity index is 3520. The van der Waals surface area contributed by atoms with Crippen LogP contribution in [0.3, 0.4) is 0 Å². The van der Waals surface area contributed by atoms with Gasteiger partial charge < -0.3 is 23.3 Å². The number of ketones is 1. The van der Waals surface area contributed by atoms with Gasteiger partial charge in [-0.05, 0) is 297 Å². The highest BCUT2D eigenvalue weighted by Crippen LogP contribution is 2.65. The molecule has 13 rings (SSSR count). The molecule has 2 aromatic carbocycles. The van der Waals surface area contributed by atoms with Crippen molar-refractivity contribution in [3.05, 3.63) is 97.1 Å². The molecular weight excluding hydrogens is 1560 g/mol. The Morgan fingerprint density at radius 2 is 0.851 bits per heavy atom. The van der Waals surface area contributed by atoms with Crippen molar-refractivity contribution in [3.63, 3.8) is 0 Å². The van der Waals surface area contributed by atoms with Gasteiger partial charge in [0.2, 0.25) is 12.9 Å². The van der Waals surface area contributed by atoms with Crippen LogP contribution < -0.4 is 10.6 Å². The Balaban J connectivity index is 0.000000210. The van der Waals surface area contributed by atoms with Gasteiger partial charge in [-0.1, -0.05) is 282 Å². The van der Waals surface area contributed by atoms with Gasteiger partial charge in [0.1, 0.15) is 19.2 Å². The number of aliphatic hydroxyl groups excluding tert-OH is 1. The molecule has 0 spiro atoms. The van der Waals surface area contributed by atoms with Crippen molar-refractivity contribution in [2.24, 2.45) is 140 Å². The van der Waals surface area contributed by atoms with Crippen molar-refractivity contribution in [2.75, 3.05) is 12.8 Å². The summed E-state index contributed by atoms with van der Waals surface area (Å²) in [6.07, 6.45) is 37.3. The highest BCUT2D eigenvalue weighted by atomic mass is 31.2. The number of hydrogen-bond donors (Lipinski definition) is 1. The molecule has 0 aliphatic heterocycles. The van der Waals surface area contributed by atoms with Gasteiger partial charge >= 0.3 is 0 Å². The van der Waals surface area contributed by atoms with Crippen LogP contribution in [0.2, 0.25) is 36.3 Å². The molecule has 0 radical (unpaired) electrons. The standard InChI is InChI=1S/C33H51O3PSi2.C15H26F2.C15H28O.C15H26O.C15H26.C14H22F2O.CH4/c1-26-30(35-38(8,9)32(2,3)4)24-27(25-31(26)36-39(10,11)33(5,6)7)22-23-37(34,28-18-14-12-15-19-28)29-20-16-13-17-21-29;1-10-5-4-8-15(3)12(10)6-7-13(15)11(2)9-14(16)17;2*1-11-5-4-9-15(3)13(11)6-7-14(15)12(2)8-10-16;1-5-11(2)13-8-9-14-12(3)7-6-10-15(13,14)4;1-9(8-13(15)16)10-5-6-11-12(17)4-3-7-14(10,11)2;/h12-22,30-31H,1,23-25H2,2-11H3;10-14H,4-9H2,1-3H3;11-14,16H,4-10H2,1-3H3;10-14H,4-9H2,1-3H3;5,11-14H,1,6-10H2,2-4H3;9-11,13H,3-8H2,1-2H3;1H4/t30-,31-;10-,11-,12-,13+,15-;2*11-,12-,13-,14+,15-;11-,12-,13+,14-,15+;9-,10+,11-,14+;/m100000./s1. The zero-order chi connectivity index (χ0) is 89.1. The lowest BCUT2D eigenvalue weighted by Gasteiger charge is -2.46. The molecule has 2 aromatic rings. The maximum Gasteiger partial charge on any atom is 0.238 e. The Kier molecular flexibility index (Phi) is 38.5. The minimum Gasteiger partial charge on any atom is -0.410 e. The van der Waals surface area contributed by atoms with Crippen LogP contribution >= 0.6 is 7.14 Å². The van der Waals surface area contributed by atoms with Gasteiger partial charge in [-0.3, -0.25) is 4.79 Å². The van der Waals surface area contributed by atoms with Crippen LogP contribution in [0.15, 0.2) is 97.1 Å². The van der Waals surface area contributed by atoms with Crippen LogP contribution in [0.25, 0.3) is 0 Å². The summed E-state index contributed by atoms with van der Waals surface area (Å²) in [7, 11) is -6.92. The minimum absolute atomic E-state index is 0. The summed E-state index contributed by atoms with van der Waals surface area (Å²) in [6, 6.07) is 19.9. The Morgan fingerprint density at radius 1 is 0.512 bits per heavy atom. The molecule has 11 fully saturated rings. The van der Waals surface area contributed by atoms with Crippen LogP contribution in [0.4, 0.5) is 17.6 Å². The summed E-state index contributed by atoms with van der Waals surface area (Å²) in [5.74, 6) is 13.5. The highest BCUT2D eigenvalue weighted by molar-refractivity contribution is 7.78. The maximum atomic E-state index is 14.7. The van der Waals surface area contributed by atoms with Gasteiger partial charge in [0, 0.05) is 55.0 Å². The van der Waals surface area contributed by atoms with Crippen molar-refractivity contribution in [1.29, 1.82) is 0 Å². The molecule has 121 heavy (non-hydrogen) atoms. The topological polar surface area (TPSA) is 89.9 Å². The largest absolute Gasteiger partial charge is 0.410 e. The van der Waals surface area contributed by atoms with Crippen LogP contribution in [-0.2, 0) is 23.0 Å². The van der Waals surface area contributed by atoms with Crippen LogP contribution in [-0.4, -0.2) is 71.6 Å². The predicted molar refractivity (Wildman–Crippen MR) is 514 cm³/mol. The van der Waals surface area contributed by atoms with Crippen LogP contribution in [0.1, 0.15) is 345 Å². The molecule has 26 atom stereocenters. The molecule has 0 unspecified atom stereocenters. The number of allylic oxidation sites excluding steroid dienone is 2. The van der Waals surface area contributed by atoms with Crippen LogP contribution in [0, 0.1) is 140 Å². The summed E-state index contributed by atoms with van der Waals surface area (Å²) in [4.78, 5) is 22.6. The number of carbonyl (C=O) groups is 2. The first-order valence-electron chi connectivity index (χ1n) is 49.2. The summed E-state index contributed by atoms with van der Waals surface area (Å²) in [5.41, 5.74) is 4.45. The zero-order valence-corrected chi connectivity index (χ0v) is 83.9. The van der Waals surface area contributed by atoms with E-state index < -0.39 is 36.6 Å². The molecule has 0 aromatic heterocycles. The normalized spacial score (nSPS) is 35.9. The summed E-state index contributed by atoms with van der Waals surface area (Å²) in [5, 5.41) is 11.1. The molecule has 1 N–H and O–H groups in total. The highest BCUT2D eigenvalue weighted by Gasteiger charge is 2.57. The van der Waals surface area contributed by atoms with E-state index in [1.54, 1.807) is 0 Å². The molecule has 692 valence electrons. The average molecular weight is 1740 g/mol. The van der Waals surface area contributed by atoms with E-state index in [1.807, 2.05) is 74.5 Å². The van der Waals surface area contributed by atoms with Crippen molar-refractivity contribution in [3.8, 4) is 0 Å². The van der Waals surface area contributed by atoms with E-state index in [0.717, 1.165) is 139 Å². The number of alkyl halides is 4. The number of hydrogen-bond acceptors (Lipinski definition) is 6. The van der Waals surface area contributed by atoms with Gasteiger partial charge in [0.25, 0.3) is 0 Å². The third kappa shape index (κ3) is 24.7. The van der Waals surface area contributed by atoms with Gasteiger partial charge in [-0.25, -0.2) is 17.6 Å². The Morgan fingerprint density at radius 3 is 1.21 bits per heavy atom. The van der Waals surface area contributed by atoms with Gasteiger partial charge in [0.15, 0.2) is 16.6 Å². The number of fused-ring (bicyclic) bond motifs is 5.